The number of Topliss-reactive ketones (excluding diaryl/α,β-unsaturated/α-hetero) is 1. The number of ether oxygens (including phenoxy) is 3. The Morgan fingerprint density at radius 1 is 1.06 bits per heavy atom. The number of hydrogen-bond donors (Lipinski definition) is 0. The maximum atomic E-state index is 13.2. The molecule has 0 amide bonds. The van der Waals surface area contributed by atoms with Crippen molar-refractivity contribution in [2.45, 2.75) is 25.2 Å². The van der Waals surface area contributed by atoms with E-state index in [1.54, 1.807) is 37.5 Å². The number of ketones is 1. The summed E-state index contributed by atoms with van der Waals surface area (Å²) < 4.78 is 18.8. The first-order valence-corrected chi connectivity index (χ1v) is 11.0. The Balaban J connectivity index is 1.61. The summed E-state index contributed by atoms with van der Waals surface area (Å²) in [5.41, 5.74) is 3.64. The van der Waals surface area contributed by atoms with Gasteiger partial charge < -0.3 is 14.2 Å². The molecule has 170 valence electrons. The van der Waals surface area contributed by atoms with Crippen LogP contribution in [0.25, 0.3) is 17.0 Å². The van der Waals surface area contributed by atoms with Gasteiger partial charge in [-0.1, -0.05) is 6.07 Å². The molecule has 1 aromatic carbocycles. The molecular formula is C25H21N5O4. The smallest absolute Gasteiger partial charge is 0.228 e. The van der Waals surface area contributed by atoms with Crippen LogP contribution in [0.1, 0.15) is 36.3 Å². The SMILES string of the molecule is COc1ccc([C@@H]2C3=C(CCCC3=O)Oc3ncn4nc(-c5ccncc5)nc4c32)cc1OC. The third-order valence-electron chi connectivity index (χ3n) is 6.27. The van der Waals surface area contributed by atoms with E-state index in [2.05, 4.69) is 15.1 Å². The summed E-state index contributed by atoms with van der Waals surface area (Å²) in [4.78, 5) is 26.6. The molecule has 3 aromatic heterocycles. The Kier molecular flexibility index (Phi) is 4.75. The summed E-state index contributed by atoms with van der Waals surface area (Å²) in [5, 5.41) is 4.62. The van der Waals surface area contributed by atoms with Crippen LogP contribution in [0, 0.1) is 0 Å². The van der Waals surface area contributed by atoms with Gasteiger partial charge in [-0.15, -0.1) is 5.10 Å². The van der Waals surface area contributed by atoms with Crippen molar-refractivity contribution >= 4 is 11.4 Å². The molecule has 0 unspecified atom stereocenters. The first kappa shape index (κ1) is 20.3. The maximum Gasteiger partial charge on any atom is 0.228 e. The summed E-state index contributed by atoms with van der Waals surface area (Å²) in [7, 11) is 3.19. The molecule has 34 heavy (non-hydrogen) atoms. The van der Waals surface area contributed by atoms with Crippen LogP contribution in [0.15, 0.2) is 60.4 Å². The van der Waals surface area contributed by atoms with E-state index in [0.29, 0.717) is 58.6 Å². The summed E-state index contributed by atoms with van der Waals surface area (Å²) in [6, 6.07) is 9.38. The Bertz CT molecular complexity index is 1460. The van der Waals surface area contributed by atoms with E-state index in [9.17, 15) is 4.79 Å². The normalized spacial score (nSPS) is 17.2. The minimum atomic E-state index is -0.419. The number of pyridine rings is 1. The lowest BCUT2D eigenvalue weighted by Crippen LogP contribution is -2.26. The second-order valence-corrected chi connectivity index (χ2v) is 8.17. The molecule has 0 saturated carbocycles. The fraction of sp³-hybridized carbons (Fsp3) is 0.240. The molecule has 9 nitrogen and oxygen atoms in total. The van der Waals surface area contributed by atoms with Crippen LogP contribution in [0.5, 0.6) is 17.4 Å². The molecule has 6 rings (SSSR count). The molecule has 0 radical (unpaired) electrons. The van der Waals surface area contributed by atoms with Crippen LogP contribution in [-0.2, 0) is 4.79 Å². The number of carbonyl (C=O) groups excluding carboxylic acids is 1. The van der Waals surface area contributed by atoms with Gasteiger partial charge in [-0.3, -0.25) is 9.78 Å². The van der Waals surface area contributed by atoms with Crippen molar-refractivity contribution in [1.82, 2.24) is 24.6 Å². The first-order chi connectivity index (χ1) is 16.7. The number of rotatable bonds is 4. The van der Waals surface area contributed by atoms with Crippen LogP contribution in [0.2, 0.25) is 0 Å². The molecule has 2 aliphatic rings. The molecule has 0 fully saturated rings. The fourth-order valence-electron chi connectivity index (χ4n) is 4.71. The highest BCUT2D eigenvalue weighted by atomic mass is 16.5. The number of fused-ring (bicyclic) bond motifs is 3. The predicted octanol–water partition coefficient (Wildman–Crippen LogP) is 3.73. The molecule has 0 N–H and O–H groups in total. The Morgan fingerprint density at radius 2 is 1.88 bits per heavy atom. The third-order valence-corrected chi connectivity index (χ3v) is 6.27. The van der Waals surface area contributed by atoms with Gasteiger partial charge in [0.2, 0.25) is 5.88 Å². The molecule has 1 aliphatic carbocycles. The second kappa shape index (κ2) is 7.95. The summed E-state index contributed by atoms with van der Waals surface area (Å²) in [6.07, 6.45) is 6.90. The molecule has 1 aliphatic heterocycles. The molecule has 1 atom stereocenters. The average Bonchev–Trinajstić information content (AvgIpc) is 3.32. The quantitative estimate of drug-likeness (QED) is 0.459. The lowest BCUT2D eigenvalue weighted by molar-refractivity contribution is -0.116. The van der Waals surface area contributed by atoms with Gasteiger partial charge in [0, 0.05) is 36.4 Å². The van der Waals surface area contributed by atoms with Crippen molar-refractivity contribution in [1.29, 1.82) is 0 Å². The summed E-state index contributed by atoms with van der Waals surface area (Å²) in [6.45, 7) is 0. The van der Waals surface area contributed by atoms with E-state index in [-0.39, 0.29) is 5.78 Å². The standard InChI is InChI=1S/C25H21N5O4/c1-32-17-7-6-15(12-19(17)33-2)20-21-16(31)4-3-5-18(21)34-25-22(20)24-28-23(29-30(24)13-27-25)14-8-10-26-11-9-14/h6-13,20H,3-5H2,1-2H3/t20-/m1/s1. The molecular weight excluding hydrogens is 434 g/mol. The number of aromatic nitrogens is 5. The van der Waals surface area contributed by atoms with Crippen molar-refractivity contribution in [3.05, 3.63) is 71.5 Å². The Morgan fingerprint density at radius 3 is 2.68 bits per heavy atom. The van der Waals surface area contributed by atoms with Crippen LogP contribution in [-0.4, -0.2) is 44.6 Å². The minimum Gasteiger partial charge on any atom is -0.493 e. The Hall–Kier alpha value is -4.27. The zero-order valence-electron chi connectivity index (χ0n) is 18.7. The van der Waals surface area contributed by atoms with Gasteiger partial charge in [0.05, 0.1) is 25.7 Å². The highest BCUT2D eigenvalue weighted by Crippen LogP contribution is 2.48. The van der Waals surface area contributed by atoms with Crippen molar-refractivity contribution in [2.24, 2.45) is 0 Å². The molecule has 9 heteroatoms. The average molecular weight is 455 g/mol. The van der Waals surface area contributed by atoms with E-state index < -0.39 is 5.92 Å². The van der Waals surface area contributed by atoms with Crippen LogP contribution >= 0.6 is 0 Å². The molecule has 0 saturated heterocycles. The van der Waals surface area contributed by atoms with Gasteiger partial charge in [0.1, 0.15) is 12.1 Å². The molecule has 4 aromatic rings. The minimum absolute atomic E-state index is 0.0718. The Labute approximate surface area is 195 Å². The predicted molar refractivity (Wildman–Crippen MR) is 122 cm³/mol. The van der Waals surface area contributed by atoms with Crippen molar-refractivity contribution in [3.8, 4) is 28.8 Å². The number of benzene rings is 1. The van der Waals surface area contributed by atoms with Gasteiger partial charge in [-0.2, -0.15) is 0 Å². The van der Waals surface area contributed by atoms with E-state index >= 15 is 0 Å². The highest BCUT2D eigenvalue weighted by Gasteiger charge is 2.40. The van der Waals surface area contributed by atoms with E-state index in [4.69, 9.17) is 19.2 Å². The topological polar surface area (TPSA) is 101 Å². The van der Waals surface area contributed by atoms with Crippen LogP contribution in [0.3, 0.4) is 0 Å². The summed E-state index contributed by atoms with van der Waals surface area (Å²) in [5.74, 6) is 2.50. The first-order valence-electron chi connectivity index (χ1n) is 11.0. The molecule has 4 heterocycles. The second-order valence-electron chi connectivity index (χ2n) is 8.17. The lowest BCUT2D eigenvalue weighted by Gasteiger charge is -2.32. The van der Waals surface area contributed by atoms with E-state index in [1.807, 2.05) is 30.3 Å². The number of carbonyl (C=O) groups is 1. The molecule has 0 spiro atoms. The van der Waals surface area contributed by atoms with E-state index in [0.717, 1.165) is 17.5 Å². The number of nitrogens with zero attached hydrogens (tertiary/aromatic N) is 5. The number of hydrogen-bond acceptors (Lipinski definition) is 8. The van der Waals surface area contributed by atoms with E-state index in [1.165, 1.54) is 0 Å². The third kappa shape index (κ3) is 3.12. The van der Waals surface area contributed by atoms with Gasteiger partial charge in [-0.25, -0.2) is 14.5 Å². The monoisotopic (exact) mass is 455 g/mol. The van der Waals surface area contributed by atoms with Crippen molar-refractivity contribution in [3.63, 3.8) is 0 Å². The molecule has 0 bridgehead atoms. The van der Waals surface area contributed by atoms with Gasteiger partial charge in [-0.05, 0) is 36.2 Å². The highest BCUT2D eigenvalue weighted by molar-refractivity contribution is 6.00. The van der Waals surface area contributed by atoms with Crippen molar-refractivity contribution in [2.75, 3.05) is 14.2 Å². The van der Waals surface area contributed by atoms with Crippen molar-refractivity contribution < 1.29 is 19.0 Å². The number of allylic oxidation sites excluding steroid dienone is 2. The van der Waals surface area contributed by atoms with Gasteiger partial charge in [0.25, 0.3) is 0 Å². The van der Waals surface area contributed by atoms with Gasteiger partial charge >= 0.3 is 0 Å². The number of methoxy groups -OCH3 is 2. The lowest BCUT2D eigenvalue weighted by atomic mass is 9.78. The maximum absolute atomic E-state index is 13.2. The largest absolute Gasteiger partial charge is 0.493 e. The zero-order chi connectivity index (χ0) is 23.2. The summed E-state index contributed by atoms with van der Waals surface area (Å²) >= 11 is 0. The zero-order valence-corrected chi connectivity index (χ0v) is 18.7. The van der Waals surface area contributed by atoms with Gasteiger partial charge in [0.15, 0.2) is 28.8 Å². The van der Waals surface area contributed by atoms with Crippen LogP contribution < -0.4 is 14.2 Å². The fourth-order valence-corrected chi connectivity index (χ4v) is 4.71. The van der Waals surface area contributed by atoms with Crippen LogP contribution in [0.4, 0.5) is 0 Å².